The summed E-state index contributed by atoms with van der Waals surface area (Å²) in [6.07, 6.45) is 0. The van der Waals surface area contributed by atoms with Gasteiger partial charge in [0.1, 0.15) is 18.2 Å². The van der Waals surface area contributed by atoms with Crippen LogP contribution < -0.4 is 14.4 Å². The number of rotatable bonds is 7. The van der Waals surface area contributed by atoms with E-state index in [1.54, 1.807) is 24.3 Å². The quantitative estimate of drug-likeness (QED) is 0.615. The van der Waals surface area contributed by atoms with Crippen LogP contribution in [0.3, 0.4) is 0 Å². The Bertz CT molecular complexity index is 1130. The van der Waals surface area contributed by atoms with Gasteiger partial charge in [-0.15, -0.1) is 0 Å². The van der Waals surface area contributed by atoms with Gasteiger partial charge in [0.25, 0.3) is 10.0 Å². The largest absolute Gasteiger partial charge is 0.497 e. The van der Waals surface area contributed by atoms with E-state index in [0.717, 1.165) is 0 Å². The SMILES string of the molecule is COC(=O)C1=C(C(=O)OC)N(c2ccc(S(=O)(=O)Nc3ccc(OC)cc3)cc2)COC1. The van der Waals surface area contributed by atoms with Crippen LogP contribution in [-0.4, -0.2) is 55.0 Å². The molecule has 0 amide bonds. The first kappa shape index (κ1) is 23.1. The molecule has 3 rings (SSSR count). The summed E-state index contributed by atoms with van der Waals surface area (Å²) in [5.41, 5.74) is 0.772. The van der Waals surface area contributed by atoms with Gasteiger partial charge in [-0.1, -0.05) is 0 Å². The standard InChI is InChI=1S/C21H22N2O8S/c1-28-16-8-4-14(5-9-16)22-32(26,27)17-10-6-15(7-11-17)23-13-31-12-18(20(24)29-2)19(23)21(25)30-3/h4-11,22H,12-13H2,1-3H3. The molecule has 1 heterocycles. The van der Waals surface area contributed by atoms with Crippen molar-refractivity contribution < 1.29 is 37.0 Å². The summed E-state index contributed by atoms with van der Waals surface area (Å²) < 4.78 is 47.9. The molecule has 1 N–H and O–H groups in total. The second-order valence-electron chi connectivity index (χ2n) is 6.54. The van der Waals surface area contributed by atoms with Crippen molar-refractivity contribution in [1.29, 1.82) is 0 Å². The zero-order valence-corrected chi connectivity index (χ0v) is 18.5. The lowest BCUT2D eigenvalue weighted by Crippen LogP contribution is -2.38. The number of nitrogens with one attached hydrogen (secondary N) is 1. The topological polar surface area (TPSA) is 120 Å². The number of nitrogens with zero attached hydrogens (tertiary/aromatic N) is 1. The van der Waals surface area contributed by atoms with Crippen LogP contribution in [-0.2, 0) is 33.8 Å². The molecule has 2 aromatic rings. The number of ether oxygens (including phenoxy) is 4. The number of benzene rings is 2. The van der Waals surface area contributed by atoms with Crippen LogP contribution in [0.5, 0.6) is 5.75 Å². The van der Waals surface area contributed by atoms with Gasteiger partial charge >= 0.3 is 11.9 Å². The van der Waals surface area contributed by atoms with Crippen LogP contribution in [0.4, 0.5) is 11.4 Å². The van der Waals surface area contributed by atoms with Gasteiger partial charge in [0, 0.05) is 11.4 Å². The average Bonchev–Trinajstić information content (AvgIpc) is 2.82. The van der Waals surface area contributed by atoms with Gasteiger partial charge in [-0.05, 0) is 48.5 Å². The number of carbonyl (C=O) groups excluding carboxylic acids is 2. The van der Waals surface area contributed by atoms with E-state index < -0.39 is 22.0 Å². The molecule has 170 valence electrons. The fraction of sp³-hybridized carbons (Fsp3) is 0.238. The molecule has 0 saturated carbocycles. The molecule has 10 nitrogen and oxygen atoms in total. The average molecular weight is 462 g/mol. The Balaban J connectivity index is 1.89. The summed E-state index contributed by atoms with van der Waals surface area (Å²) in [7, 11) is 0.0415. The van der Waals surface area contributed by atoms with Gasteiger partial charge in [0.05, 0.1) is 38.4 Å². The van der Waals surface area contributed by atoms with Crippen molar-refractivity contribution in [3.05, 3.63) is 59.8 Å². The van der Waals surface area contributed by atoms with Crippen molar-refractivity contribution in [1.82, 2.24) is 0 Å². The summed E-state index contributed by atoms with van der Waals surface area (Å²) in [4.78, 5) is 25.9. The van der Waals surface area contributed by atoms with E-state index in [2.05, 4.69) is 4.72 Å². The van der Waals surface area contributed by atoms with Gasteiger partial charge in [-0.25, -0.2) is 18.0 Å². The van der Waals surface area contributed by atoms with Crippen molar-refractivity contribution >= 4 is 33.3 Å². The van der Waals surface area contributed by atoms with Gasteiger partial charge in [0.2, 0.25) is 0 Å². The molecule has 1 aliphatic heterocycles. The Kier molecular flexibility index (Phi) is 7.01. The van der Waals surface area contributed by atoms with Crippen LogP contribution in [0.15, 0.2) is 64.7 Å². The smallest absolute Gasteiger partial charge is 0.355 e. The Morgan fingerprint density at radius 3 is 2.12 bits per heavy atom. The lowest BCUT2D eigenvalue weighted by Gasteiger charge is -2.31. The highest BCUT2D eigenvalue weighted by atomic mass is 32.2. The van der Waals surface area contributed by atoms with Crippen LogP contribution in [0.1, 0.15) is 0 Å². The molecular weight excluding hydrogens is 440 g/mol. The van der Waals surface area contributed by atoms with E-state index in [9.17, 15) is 18.0 Å². The Labute approximate surface area is 185 Å². The van der Waals surface area contributed by atoms with Crippen molar-refractivity contribution in [3.63, 3.8) is 0 Å². The predicted octanol–water partition coefficient (Wildman–Crippen LogP) is 1.89. The molecule has 0 aromatic heterocycles. The molecular formula is C21H22N2O8S. The first-order chi connectivity index (χ1) is 15.3. The molecule has 0 fully saturated rings. The second kappa shape index (κ2) is 9.71. The summed E-state index contributed by atoms with van der Waals surface area (Å²) in [6.45, 7) is -0.160. The third kappa shape index (κ3) is 4.84. The van der Waals surface area contributed by atoms with E-state index in [0.29, 0.717) is 17.1 Å². The van der Waals surface area contributed by atoms with Gasteiger partial charge in [-0.3, -0.25) is 4.72 Å². The van der Waals surface area contributed by atoms with Crippen LogP contribution in [0, 0.1) is 0 Å². The van der Waals surface area contributed by atoms with Crippen LogP contribution in [0.25, 0.3) is 0 Å². The molecule has 1 aliphatic rings. The molecule has 0 saturated heterocycles. The van der Waals surface area contributed by atoms with E-state index in [1.165, 1.54) is 50.5 Å². The molecule has 11 heteroatoms. The van der Waals surface area contributed by atoms with Crippen molar-refractivity contribution in [3.8, 4) is 5.75 Å². The number of hydrogen-bond donors (Lipinski definition) is 1. The highest BCUT2D eigenvalue weighted by Gasteiger charge is 2.32. The Hall–Kier alpha value is -3.57. The number of esters is 2. The lowest BCUT2D eigenvalue weighted by atomic mass is 10.1. The minimum Gasteiger partial charge on any atom is -0.497 e. The maximum absolute atomic E-state index is 12.7. The lowest BCUT2D eigenvalue weighted by molar-refractivity contribution is -0.140. The Morgan fingerprint density at radius 1 is 0.938 bits per heavy atom. The van der Waals surface area contributed by atoms with Crippen molar-refractivity contribution in [2.24, 2.45) is 0 Å². The van der Waals surface area contributed by atoms with E-state index in [1.807, 2.05) is 0 Å². The van der Waals surface area contributed by atoms with Crippen molar-refractivity contribution in [2.75, 3.05) is 44.3 Å². The number of methoxy groups -OCH3 is 3. The molecule has 0 radical (unpaired) electrons. The Morgan fingerprint density at radius 2 is 1.56 bits per heavy atom. The molecule has 0 bridgehead atoms. The summed E-state index contributed by atoms with van der Waals surface area (Å²) in [5.74, 6) is -0.869. The molecule has 32 heavy (non-hydrogen) atoms. The van der Waals surface area contributed by atoms with Crippen molar-refractivity contribution in [2.45, 2.75) is 4.90 Å². The van der Waals surface area contributed by atoms with Gasteiger partial charge < -0.3 is 23.8 Å². The monoisotopic (exact) mass is 462 g/mol. The highest BCUT2D eigenvalue weighted by Crippen LogP contribution is 2.28. The first-order valence-corrected chi connectivity index (χ1v) is 10.8. The fourth-order valence-electron chi connectivity index (χ4n) is 3.03. The molecule has 0 aliphatic carbocycles. The fourth-order valence-corrected chi connectivity index (χ4v) is 4.08. The summed E-state index contributed by atoms with van der Waals surface area (Å²) in [5, 5.41) is 0. The highest BCUT2D eigenvalue weighted by molar-refractivity contribution is 7.92. The molecule has 2 aromatic carbocycles. The number of carbonyl (C=O) groups is 2. The van der Waals surface area contributed by atoms with Crippen LogP contribution in [0.2, 0.25) is 0 Å². The second-order valence-corrected chi connectivity index (χ2v) is 8.23. The molecule has 0 spiro atoms. The summed E-state index contributed by atoms with van der Waals surface area (Å²) >= 11 is 0. The first-order valence-electron chi connectivity index (χ1n) is 9.32. The zero-order valence-electron chi connectivity index (χ0n) is 17.7. The third-order valence-corrected chi connectivity index (χ3v) is 6.03. The predicted molar refractivity (Wildman–Crippen MR) is 115 cm³/mol. The maximum Gasteiger partial charge on any atom is 0.355 e. The van der Waals surface area contributed by atoms with E-state index in [4.69, 9.17) is 18.9 Å². The van der Waals surface area contributed by atoms with E-state index >= 15 is 0 Å². The number of hydrogen-bond acceptors (Lipinski definition) is 9. The maximum atomic E-state index is 12.7. The minimum atomic E-state index is -3.86. The molecule has 0 unspecified atom stereocenters. The van der Waals surface area contributed by atoms with Gasteiger partial charge in [-0.2, -0.15) is 0 Å². The normalized spacial score (nSPS) is 14.0. The molecule has 0 atom stereocenters. The number of sulfonamides is 1. The van der Waals surface area contributed by atoms with E-state index in [-0.39, 0.29) is 29.5 Å². The summed E-state index contributed by atoms with van der Waals surface area (Å²) in [6, 6.07) is 12.2. The zero-order chi connectivity index (χ0) is 23.3. The number of anilines is 2. The minimum absolute atomic E-state index is 0.00321. The third-order valence-electron chi connectivity index (χ3n) is 4.63. The van der Waals surface area contributed by atoms with Gasteiger partial charge in [0.15, 0.2) is 0 Å². The van der Waals surface area contributed by atoms with Crippen LogP contribution >= 0.6 is 0 Å².